The third kappa shape index (κ3) is 3.96. The molecule has 10 heteroatoms. The molecule has 2 N–H and O–H groups in total. The third-order valence-electron chi connectivity index (χ3n) is 4.37. The lowest BCUT2D eigenvalue weighted by molar-refractivity contribution is -0.131. The molecule has 3 rings (SSSR count). The van der Waals surface area contributed by atoms with Crippen molar-refractivity contribution in [2.45, 2.75) is 19.1 Å². The number of carbonyl (C=O) groups excluding carboxylic acids is 2. The first-order valence-electron chi connectivity index (χ1n) is 8.37. The Morgan fingerprint density at radius 2 is 1.83 bits per heavy atom. The van der Waals surface area contributed by atoms with Crippen LogP contribution < -0.4 is 14.8 Å². The zero-order valence-corrected chi connectivity index (χ0v) is 15.4. The van der Waals surface area contributed by atoms with Crippen molar-refractivity contribution in [3.8, 4) is 17.2 Å². The molecule has 0 aliphatic carbocycles. The molecule has 1 heterocycles. The summed E-state index contributed by atoms with van der Waals surface area (Å²) in [7, 11) is 1.45. The van der Waals surface area contributed by atoms with Gasteiger partial charge in [0.15, 0.2) is 0 Å². The van der Waals surface area contributed by atoms with Gasteiger partial charge < -0.3 is 19.9 Å². The average Bonchev–Trinajstić information content (AvgIpc) is 2.90. The zero-order chi connectivity index (χ0) is 21.2. The highest BCUT2D eigenvalue weighted by Gasteiger charge is 2.49. The number of amides is 3. The lowest BCUT2D eigenvalue weighted by Crippen LogP contribution is -2.40. The second-order valence-electron chi connectivity index (χ2n) is 6.24. The fraction of sp³-hybridized carbons (Fsp3) is 0.211. The molecule has 2 aromatic rings. The van der Waals surface area contributed by atoms with Gasteiger partial charge in [0.1, 0.15) is 22.8 Å². The molecule has 0 spiro atoms. The SMILES string of the molecule is COc1ccc(O)c(/C=N/N2C(=O)N[C@](C)(c3ccc(OC(F)F)cc3)C2=O)c1. The first-order chi connectivity index (χ1) is 13.7. The molecule has 1 fully saturated rings. The number of hydrogen-bond donors (Lipinski definition) is 2. The van der Waals surface area contributed by atoms with Crippen LogP contribution in [0.4, 0.5) is 13.6 Å². The van der Waals surface area contributed by atoms with Crippen LogP contribution in [0.2, 0.25) is 0 Å². The number of imide groups is 1. The number of alkyl halides is 2. The molecule has 0 aromatic heterocycles. The Morgan fingerprint density at radius 3 is 2.45 bits per heavy atom. The van der Waals surface area contributed by atoms with E-state index < -0.39 is 24.1 Å². The summed E-state index contributed by atoms with van der Waals surface area (Å²) in [6.07, 6.45) is 1.15. The molecule has 1 aliphatic rings. The highest BCUT2D eigenvalue weighted by atomic mass is 19.3. The first-order valence-corrected chi connectivity index (χ1v) is 8.37. The molecule has 0 unspecified atom stereocenters. The van der Waals surface area contributed by atoms with Crippen molar-refractivity contribution in [1.82, 2.24) is 10.3 Å². The number of carbonyl (C=O) groups is 2. The summed E-state index contributed by atoms with van der Waals surface area (Å²) in [5.74, 6) is -0.410. The number of nitrogens with one attached hydrogen (secondary N) is 1. The van der Waals surface area contributed by atoms with E-state index in [0.717, 1.165) is 6.21 Å². The van der Waals surface area contributed by atoms with Gasteiger partial charge in [0.05, 0.1) is 13.3 Å². The van der Waals surface area contributed by atoms with Crippen molar-refractivity contribution in [3.05, 3.63) is 53.6 Å². The molecule has 0 bridgehead atoms. The Hall–Kier alpha value is -3.69. The standard InChI is InChI=1S/C19H17F2N3O5/c1-19(12-3-5-13(6-4-12)29-17(20)21)16(26)24(18(27)23-19)22-10-11-9-14(28-2)7-8-15(11)25/h3-10,17,25H,1-2H3,(H,23,27)/b22-10+/t19-/m1/s1. The molecule has 3 amide bonds. The summed E-state index contributed by atoms with van der Waals surface area (Å²) in [5.41, 5.74) is -0.847. The fourth-order valence-electron chi connectivity index (χ4n) is 2.78. The summed E-state index contributed by atoms with van der Waals surface area (Å²) in [5, 5.41) is 16.9. The number of benzene rings is 2. The van der Waals surface area contributed by atoms with Crippen molar-refractivity contribution in [3.63, 3.8) is 0 Å². The summed E-state index contributed by atoms with van der Waals surface area (Å²) in [6.45, 7) is -1.50. The monoisotopic (exact) mass is 405 g/mol. The number of rotatable bonds is 6. The Bertz CT molecular complexity index is 965. The van der Waals surface area contributed by atoms with E-state index in [1.54, 1.807) is 6.07 Å². The van der Waals surface area contributed by atoms with Gasteiger partial charge in [-0.3, -0.25) is 4.79 Å². The average molecular weight is 405 g/mol. The molecular weight excluding hydrogens is 388 g/mol. The normalized spacial score (nSPS) is 19.1. The number of ether oxygens (including phenoxy) is 2. The van der Waals surface area contributed by atoms with Crippen LogP contribution in [0.25, 0.3) is 0 Å². The number of nitrogens with zero attached hydrogens (tertiary/aromatic N) is 2. The summed E-state index contributed by atoms with van der Waals surface area (Å²) < 4.78 is 33.9. The topological polar surface area (TPSA) is 100 Å². The fourth-order valence-corrected chi connectivity index (χ4v) is 2.78. The first kappa shape index (κ1) is 20.1. The predicted octanol–water partition coefficient (Wildman–Crippen LogP) is 2.80. The van der Waals surface area contributed by atoms with E-state index in [1.807, 2.05) is 0 Å². The maximum atomic E-state index is 12.8. The van der Waals surface area contributed by atoms with Gasteiger partial charge in [0, 0.05) is 5.56 Å². The van der Waals surface area contributed by atoms with Crippen molar-refractivity contribution in [2.75, 3.05) is 7.11 Å². The molecule has 2 aromatic carbocycles. The van der Waals surface area contributed by atoms with Crippen LogP contribution in [0, 0.1) is 0 Å². The van der Waals surface area contributed by atoms with Crippen LogP contribution >= 0.6 is 0 Å². The van der Waals surface area contributed by atoms with Crippen LogP contribution in [0.5, 0.6) is 17.2 Å². The van der Waals surface area contributed by atoms with Crippen molar-refractivity contribution in [2.24, 2.45) is 5.10 Å². The van der Waals surface area contributed by atoms with Gasteiger partial charge in [0.2, 0.25) is 0 Å². The van der Waals surface area contributed by atoms with Gasteiger partial charge >= 0.3 is 12.6 Å². The van der Waals surface area contributed by atoms with E-state index in [1.165, 1.54) is 50.4 Å². The Morgan fingerprint density at radius 1 is 1.17 bits per heavy atom. The Kier molecular flexibility index (Phi) is 5.35. The van der Waals surface area contributed by atoms with Crippen LogP contribution in [-0.4, -0.2) is 42.0 Å². The van der Waals surface area contributed by atoms with E-state index in [9.17, 15) is 23.5 Å². The zero-order valence-electron chi connectivity index (χ0n) is 15.4. The summed E-state index contributed by atoms with van der Waals surface area (Å²) in [6, 6.07) is 8.98. The van der Waals surface area contributed by atoms with E-state index in [4.69, 9.17) is 4.74 Å². The number of aromatic hydroxyl groups is 1. The van der Waals surface area contributed by atoms with Gasteiger partial charge in [0.25, 0.3) is 5.91 Å². The van der Waals surface area contributed by atoms with Crippen molar-refractivity contribution < 1.29 is 33.0 Å². The van der Waals surface area contributed by atoms with E-state index in [2.05, 4.69) is 15.2 Å². The van der Waals surface area contributed by atoms with Gasteiger partial charge in [-0.15, -0.1) is 5.01 Å². The maximum absolute atomic E-state index is 12.8. The molecule has 29 heavy (non-hydrogen) atoms. The third-order valence-corrected chi connectivity index (χ3v) is 4.37. The van der Waals surface area contributed by atoms with Crippen LogP contribution in [-0.2, 0) is 10.3 Å². The molecule has 152 valence electrons. The van der Waals surface area contributed by atoms with Gasteiger partial charge in [-0.05, 0) is 42.8 Å². The molecule has 1 atom stereocenters. The molecular formula is C19H17F2N3O5. The number of methoxy groups -OCH3 is 1. The minimum atomic E-state index is -2.97. The second kappa shape index (κ2) is 7.74. The molecule has 0 saturated carbocycles. The molecule has 1 saturated heterocycles. The minimum absolute atomic E-state index is 0.0764. The van der Waals surface area contributed by atoms with Crippen LogP contribution in [0.1, 0.15) is 18.1 Å². The lowest BCUT2D eigenvalue weighted by Gasteiger charge is -2.21. The Balaban J connectivity index is 1.83. The molecule has 8 nitrogen and oxygen atoms in total. The van der Waals surface area contributed by atoms with Crippen molar-refractivity contribution in [1.29, 1.82) is 0 Å². The highest BCUT2D eigenvalue weighted by molar-refractivity contribution is 6.07. The lowest BCUT2D eigenvalue weighted by atomic mass is 9.92. The number of hydrazone groups is 1. The smallest absolute Gasteiger partial charge is 0.387 e. The molecule has 1 aliphatic heterocycles. The van der Waals surface area contributed by atoms with Crippen molar-refractivity contribution >= 4 is 18.2 Å². The molecule has 0 radical (unpaired) electrons. The summed E-state index contributed by atoms with van der Waals surface area (Å²) in [4.78, 5) is 25.1. The van der Waals surface area contributed by atoms with Crippen LogP contribution in [0.15, 0.2) is 47.6 Å². The van der Waals surface area contributed by atoms with Gasteiger partial charge in [-0.2, -0.15) is 13.9 Å². The number of halogens is 2. The number of urea groups is 1. The van der Waals surface area contributed by atoms with E-state index in [-0.39, 0.29) is 17.1 Å². The maximum Gasteiger partial charge on any atom is 0.387 e. The Labute approximate surface area is 164 Å². The van der Waals surface area contributed by atoms with Gasteiger partial charge in [-0.25, -0.2) is 4.79 Å². The minimum Gasteiger partial charge on any atom is -0.507 e. The predicted molar refractivity (Wildman–Crippen MR) is 98.1 cm³/mol. The number of phenolic OH excluding ortho intramolecular Hbond substituents is 1. The van der Waals surface area contributed by atoms with Gasteiger partial charge in [-0.1, -0.05) is 12.1 Å². The quantitative estimate of drug-likeness (QED) is 0.569. The highest BCUT2D eigenvalue weighted by Crippen LogP contribution is 2.31. The summed E-state index contributed by atoms with van der Waals surface area (Å²) >= 11 is 0. The number of phenols is 1. The second-order valence-corrected chi connectivity index (χ2v) is 6.24. The number of hydrogen-bond acceptors (Lipinski definition) is 6. The van der Waals surface area contributed by atoms with E-state index in [0.29, 0.717) is 16.3 Å². The van der Waals surface area contributed by atoms with Crippen LogP contribution in [0.3, 0.4) is 0 Å². The van der Waals surface area contributed by atoms with E-state index >= 15 is 0 Å². The largest absolute Gasteiger partial charge is 0.507 e.